The molecule has 0 aromatic heterocycles. The first kappa shape index (κ1) is 19.2. The molecule has 7 heteroatoms. The Labute approximate surface area is 163 Å². The standard InChI is InChI=1S/C20H23ClN4O2/c21-17-3-1-2-4-18(17)23-19(26)14-24-9-11-25(12-10-24)20(27)13-15-5-7-16(22)8-6-15/h1-8H,9-14,22H2,(H,23,26). The van der Waals surface area contributed by atoms with Crippen LogP contribution in [0.4, 0.5) is 11.4 Å². The molecule has 0 unspecified atom stereocenters. The number of hydrogen-bond acceptors (Lipinski definition) is 4. The predicted octanol–water partition coefficient (Wildman–Crippen LogP) is 2.25. The molecule has 1 heterocycles. The zero-order valence-corrected chi connectivity index (χ0v) is 15.8. The lowest BCUT2D eigenvalue weighted by molar-refractivity contribution is -0.132. The van der Waals surface area contributed by atoms with Crippen LogP contribution in [0.3, 0.4) is 0 Å². The van der Waals surface area contributed by atoms with Gasteiger partial charge < -0.3 is 16.0 Å². The quantitative estimate of drug-likeness (QED) is 0.772. The van der Waals surface area contributed by atoms with Crippen molar-refractivity contribution in [2.75, 3.05) is 43.8 Å². The number of carbonyl (C=O) groups is 2. The Hall–Kier alpha value is -2.57. The summed E-state index contributed by atoms with van der Waals surface area (Å²) in [6.07, 6.45) is 0.368. The number of piperazine rings is 1. The molecule has 2 aromatic rings. The smallest absolute Gasteiger partial charge is 0.238 e. The van der Waals surface area contributed by atoms with Crippen molar-refractivity contribution in [1.82, 2.24) is 9.80 Å². The molecule has 6 nitrogen and oxygen atoms in total. The number of rotatable bonds is 5. The Kier molecular flexibility index (Phi) is 6.32. The number of halogens is 1. The van der Waals surface area contributed by atoms with E-state index in [1.165, 1.54) is 0 Å². The molecule has 2 aromatic carbocycles. The van der Waals surface area contributed by atoms with Crippen LogP contribution in [0.25, 0.3) is 0 Å². The molecule has 2 amide bonds. The van der Waals surface area contributed by atoms with Crippen molar-refractivity contribution in [3.63, 3.8) is 0 Å². The molecule has 1 aliphatic rings. The number of nitrogens with zero attached hydrogens (tertiary/aromatic N) is 2. The van der Waals surface area contributed by atoms with Crippen LogP contribution < -0.4 is 11.1 Å². The van der Waals surface area contributed by atoms with Crippen LogP contribution in [-0.4, -0.2) is 54.3 Å². The zero-order chi connectivity index (χ0) is 19.2. The molecule has 3 N–H and O–H groups in total. The minimum atomic E-state index is -0.107. The van der Waals surface area contributed by atoms with E-state index in [2.05, 4.69) is 5.32 Å². The highest BCUT2D eigenvalue weighted by atomic mass is 35.5. The van der Waals surface area contributed by atoms with Crippen molar-refractivity contribution in [3.05, 3.63) is 59.1 Å². The number of hydrogen-bond donors (Lipinski definition) is 2. The van der Waals surface area contributed by atoms with Gasteiger partial charge in [-0.15, -0.1) is 0 Å². The molecule has 0 saturated carbocycles. The largest absolute Gasteiger partial charge is 0.399 e. The van der Waals surface area contributed by atoms with E-state index in [1.54, 1.807) is 24.3 Å². The summed E-state index contributed by atoms with van der Waals surface area (Å²) in [7, 11) is 0. The van der Waals surface area contributed by atoms with Gasteiger partial charge in [-0.3, -0.25) is 14.5 Å². The first-order valence-corrected chi connectivity index (χ1v) is 9.28. The monoisotopic (exact) mass is 386 g/mol. The Morgan fingerprint density at radius 2 is 1.67 bits per heavy atom. The number of benzene rings is 2. The molecule has 0 bridgehead atoms. The number of nitrogens with two attached hydrogens (primary N) is 1. The second kappa shape index (κ2) is 8.88. The number of anilines is 2. The van der Waals surface area contributed by atoms with Crippen LogP contribution in [-0.2, 0) is 16.0 Å². The van der Waals surface area contributed by atoms with E-state index < -0.39 is 0 Å². The van der Waals surface area contributed by atoms with E-state index in [4.69, 9.17) is 17.3 Å². The number of nitrogens with one attached hydrogen (secondary N) is 1. The highest BCUT2D eigenvalue weighted by Gasteiger charge is 2.22. The van der Waals surface area contributed by atoms with Crippen LogP contribution in [0.5, 0.6) is 0 Å². The molecular formula is C20H23ClN4O2. The van der Waals surface area contributed by atoms with Crippen molar-refractivity contribution in [1.29, 1.82) is 0 Å². The summed E-state index contributed by atoms with van der Waals surface area (Å²) in [4.78, 5) is 28.5. The van der Waals surface area contributed by atoms with Gasteiger partial charge in [0.05, 0.1) is 23.7 Å². The number of para-hydroxylation sites is 1. The predicted molar refractivity (Wildman–Crippen MR) is 108 cm³/mol. The number of nitrogen functional groups attached to an aromatic ring is 1. The van der Waals surface area contributed by atoms with Crippen LogP contribution in [0, 0.1) is 0 Å². The van der Waals surface area contributed by atoms with Gasteiger partial charge in [0.1, 0.15) is 0 Å². The number of carbonyl (C=O) groups excluding carboxylic acids is 2. The van der Waals surface area contributed by atoms with Gasteiger partial charge >= 0.3 is 0 Å². The van der Waals surface area contributed by atoms with Gasteiger partial charge in [-0.1, -0.05) is 35.9 Å². The normalized spacial score (nSPS) is 14.8. The van der Waals surface area contributed by atoms with Gasteiger partial charge in [-0.05, 0) is 29.8 Å². The van der Waals surface area contributed by atoms with E-state index in [9.17, 15) is 9.59 Å². The Balaban J connectivity index is 1.44. The van der Waals surface area contributed by atoms with Gasteiger partial charge in [0.25, 0.3) is 0 Å². The highest BCUT2D eigenvalue weighted by Crippen LogP contribution is 2.20. The van der Waals surface area contributed by atoms with Crippen molar-refractivity contribution < 1.29 is 9.59 Å². The van der Waals surface area contributed by atoms with Gasteiger partial charge in [-0.25, -0.2) is 0 Å². The summed E-state index contributed by atoms with van der Waals surface area (Å²) >= 11 is 6.06. The topological polar surface area (TPSA) is 78.7 Å². The van der Waals surface area contributed by atoms with E-state index in [0.717, 1.165) is 5.56 Å². The summed E-state index contributed by atoms with van der Waals surface area (Å²) < 4.78 is 0. The number of amides is 2. The van der Waals surface area contributed by atoms with Gasteiger partial charge in [0.2, 0.25) is 11.8 Å². The van der Waals surface area contributed by atoms with Crippen molar-refractivity contribution >= 4 is 34.8 Å². The second-order valence-electron chi connectivity index (χ2n) is 6.60. The fraction of sp³-hybridized carbons (Fsp3) is 0.300. The summed E-state index contributed by atoms with van der Waals surface area (Å²) in [5.41, 5.74) is 7.93. The molecule has 0 aliphatic carbocycles. The molecular weight excluding hydrogens is 364 g/mol. The lowest BCUT2D eigenvalue weighted by Crippen LogP contribution is -2.50. The molecule has 1 aliphatic heterocycles. The summed E-state index contributed by atoms with van der Waals surface area (Å²) in [6, 6.07) is 14.5. The van der Waals surface area contributed by atoms with E-state index >= 15 is 0 Å². The van der Waals surface area contributed by atoms with Gasteiger partial charge in [-0.2, -0.15) is 0 Å². The SMILES string of the molecule is Nc1ccc(CC(=O)N2CCN(CC(=O)Nc3ccccc3Cl)CC2)cc1. The fourth-order valence-corrected chi connectivity index (χ4v) is 3.22. The third-order valence-electron chi connectivity index (χ3n) is 4.58. The zero-order valence-electron chi connectivity index (χ0n) is 15.0. The lowest BCUT2D eigenvalue weighted by Gasteiger charge is -2.34. The average molecular weight is 387 g/mol. The van der Waals surface area contributed by atoms with Crippen LogP contribution >= 0.6 is 11.6 Å². The van der Waals surface area contributed by atoms with Crippen LogP contribution in [0.1, 0.15) is 5.56 Å². The van der Waals surface area contributed by atoms with Gasteiger partial charge in [0, 0.05) is 31.9 Å². The second-order valence-corrected chi connectivity index (χ2v) is 7.01. The molecule has 0 spiro atoms. The summed E-state index contributed by atoms with van der Waals surface area (Å²) in [6.45, 7) is 2.86. The maximum Gasteiger partial charge on any atom is 0.238 e. The highest BCUT2D eigenvalue weighted by molar-refractivity contribution is 6.33. The Morgan fingerprint density at radius 3 is 2.33 bits per heavy atom. The molecule has 1 saturated heterocycles. The van der Waals surface area contributed by atoms with Crippen LogP contribution in [0.2, 0.25) is 5.02 Å². The minimum Gasteiger partial charge on any atom is -0.399 e. The molecule has 142 valence electrons. The summed E-state index contributed by atoms with van der Waals surface area (Å²) in [5.74, 6) is -0.00955. The summed E-state index contributed by atoms with van der Waals surface area (Å²) in [5, 5.41) is 3.34. The van der Waals surface area contributed by atoms with E-state index in [1.807, 2.05) is 34.1 Å². The maximum atomic E-state index is 12.4. The Bertz CT molecular complexity index is 802. The first-order valence-electron chi connectivity index (χ1n) is 8.90. The molecule has 27 heavy (non-hydrogen) atoms. The van der Waals surface area contributed by atoms with Crippen molar-refractivity contribution in [2.45, 2.75) is 6.42 Å². The minimum absolute atomic E-state index is 0.0972. The molecule has 0 atom stereocenters. The third kappa shape index (κ3) is 5.45. The maximum absolute atomic E-state index is 12.4. The first-order chi connectivity index (χ1) is 13.0. The fourth-order valence-electron chi connectivity index (χ4n) is 3.03. The van der Waals surface area contributed by atoms with Crippen LogP contribution in [0.15, 0.2) is 48.5 Å². The van der Waals surface area contributed by atoms with E-state index in [-0.39, 0.29) is 18.4 Å². The van der Waals surface area contributed by atoms with Crippen molar-refractivity contribution in [3.8, 4) is 0 Å². The molecule has 1 fully saturated rings. The third-order valence-corrected chi connectivity index (χ3v) is 4.90. The van der Waals surface area contributed by atoms with E-state index in [0.29, 0.717) is 49.0 Å². The average Bonchev–Trinajstić information content (AvgIpc) is 2.66. The molecule has 0 radical (unpaired) electrons. The van der Waals surface area contributed by atoms with Gasteiger partial charge in [0.15, 0.2) is 0 Å². The molecule has 3 rings (SSSR count). The Morgan fingerprint density at radius 1 is 1.00 bits per heavy atom. The lowest BCUT2D eigenvalue weighted by atomic mass is 10.1. The van der Waals surface area contributed by atoms with Crippen molar-refractivity contribution in [2.24, 2.45) is 0 Å².